The second-order valence-corrected chi connectivity index (χ2v) is 10.7. The third-order valence-electron chi connectivity index (χ3n) is 5.86. The number of Topliss-reactive ketones (excluding diaryl/α,β-unsaturated/α-hetero) is 1. The first-order chi connectivity index (χ1) is 12.3. The van der Waals surface area contributed by atoms with Crippen molar-refractivity contribution < 1.29 is 4.79 Å². The minimum atomic E-state index is 0.268. The summed E-state index contributed by atoms with van der Waals surface area (Å²) in [5.41, 5.74) is 2.53. The molecule has 0 aromatic heterocycles. The number of carbonyl (C=O) groups is 1. The zero-order valence-corrected chi connectivity index (χ0v) is 18.9. The fourth-order valence-electron chi connectivity index (χ4n) is 4.27. The Morgan fingerprint density at radius 2 is 1.73 bits per heavy atom. The van der Waals surface area contributed by atoms with Crippen LogP contribution in [0.1, 0.15) is 91.4 Å². The van der Waals surface area contributed by atoms with Crippen molar-refractivity contribution in [3.63, 3.8) is 0 Å². The van der Waals surface area contributed by atoms with Gasteiger partial charge < -0.3 is 0 Å². The van der Waals surface area contributed by atoms with Crippen LogP contribution in [0.4, 0.5) is 0 Å². The van der Waals surface area contributed by atoms with Gasteiger partial charge in [-0.25, -0.2) is 0 Å². The molecule has 1 aliphatic rings. The summed E-state index contributed by atoms with van der Waals surface area (Å²) in [6.45, 7) is 17.6. The van der Waals surface area contributed by atoms with Gasteiger partial charge in [0.15, 0.2) is 0 Å². The average Bonchev–Trinajstić information content (AvgIpc) is 2.61. The van der Waals surface area contributed by atoms with E-state index in [1.165, 1.54) is 44.1 Å². The highest BCUT2D eigenvalue weighted by Crippen LogP contribution is 2.35. The van der Waals surface area contributed by atoms with Gasteiger partial charge in [0, 0.05) is 12.3 Å². The molecular weight excluding hydrogens is 335 g/mol. The molecule has 0 aromatic carbocycles. The van der Waals surface area contributed by atoms with Crippen LogP contribution in [0.3, 0.4) is 0 Å². The van der Waals surface area contributed by atoms with Crippen LogP contribution in [0.15, 0.2) is 24.8 Å². The smallest absolute Gasteiger partial charge is 0.136 e. The standard InChI is InChI=1S/C24H43OP/c1-7-20-15-12-13-16-21(20)22(25)17-11-9-8-10-14-19(2)23(26-6)18-24(3,4)5/h7,20-21,23,26H,1-2,8-18H2,3-6H3. The number of carbonyl (C=O) groups excluding carboxylic acids is 1. The highest BCUT2D eigenvalue weighted by molar-refractivity contribution is 7.38. The van der Waals surface area contributed by atoms with Crippen LogP contribution in [0.2, 0.25) is 0 Å². The summed E-state index contributed by atoms with van der Waals surface area (Å²) in [7, 11) is 0.959. The van der Waals surface area contributed by atoms with Crippen LogP contribution in [-0.4, -0.2) is 18.1 Å². The molecule has 26 heavy (non-hydrogen) atoms. The molecule has 0 spiro atoms. The summed E-state index contributed by atoms with van der Waals surface area (Å²) < 4.78 is 0. The molecule has 0 aromatic rings. The number of unbranched alkanes of at least 4 members (excludes halogenated alkanes) is 3. The molecular formula is C24H43OP. The molecule has 0 heterocycles. The molecule has 0 bridgehead atoms. The van der Waals surface area contributed by atoms with Gasteiger partial charge in [-0.1, -0.05) is 64.7 Å². The van der Waals surface area contributed by atoms with Gasteiger partial charge in [-0.3, -0.25) is 4.79 Å². The second kappa shape index (κ2) is 12.1. The number of rotatable bonds is 12. The van der Waals surface area contributed by atoms with Crippen molar-refractivity contribution in [2.24, 2.45) is 17.3 Å². The van der Waals surface area contributed by atoms with Gasteiger partial charge in [-0.15, -0.1) is 15.2 Å². The first kappa shape index (κ1) is 23.6. The van der Waals surface area contributed by atoms with Crippen molar-refractivity contribution in [2.45, 2.75) is 97.1 Å². The maximum atomic E-state index is 12.5. The molecule has 1 rings (SSSR count). The van der Waals surface area contributed by atoms with Gasteiger partial charge in [-0.2, -0.15) is 0 Å². The van der Waals surface area contributed by atoms with E-state index >= 15 is 0 Å². The van der Waals surface area contributed by atoms with E-state index in [1.54, 1.807) is 0 Å². The van der Waals surface area contributed by atoms with E-state index in [2.05, 4.69) is 40.6 Å². The van der Waals surface area contributed by atoms with Crippen LogP contribution in [-0.2, 0) is 4.79 Å². The molecule has 0 saturated heterocycles. The van der Waals surface area contributed by atoms with Crippen molar-refractivity contribution in [1.82, 2.24) is 0 Å². The summed E-state index contributed by atoms with van der Waals surface area (Å²) in [6, 6.07) is 0. The number of hydrogen-bond donors (Lipinski definition) is 0. The topological polar surface area (TPSA) is 17.1 Å². The van der Waals surface area contributed by atoms with Crippen molar-refractivity contribution in [3.05, 3.63) is 24.8 Å². The van der Waals surface area contributed by atoms with Crippen molar-refractivity contribution in [2.75, 3.05) is 6.66 Å². The van der Waals surface area contributed by atoms with Gasteiger partial charge in [-0.05, 0) is 62.2 Å². The zero-order valence-electron chi connectivity index (χ0n) is 17.9. The summed E-state index contributed by atoms with van der Waals surface area (Å²) in [4.78, 5) is 12.5. The Morgan fingerprint density at radius 3 is 2.31 bits per heavy atom. The fraction of sp³-hybridized carbons (Fsp3) is 0.792. The summed E-state index contributed by atoms with van der Waals surface area (Å²) >= 11 is 0. The van der Waals surface area contributed by atoms with E-state index in [0.717, 1.165) is 40.7 Å². The molecule has 1 saturated carbocycles. The fourth-order valence-corrected chi connectivity index (χ4v) is 5.64. The van der Waals surface area contributed by atoms with Crippen LogP contribution in [0, 0.1) is 17.3 Å². The Labute approximate surface area is 165 Å². The Hall–Kier alpha value is -0.420. The number of allylic oxidation sites excluding steroid dienone is 2. The van der Waals surface area contributed by atoms with Gasteiger partial charge in [0.2, 0.25) is 0 Å². The molecule has 0 amide bonds. The van der Waals surface area contributed by atoms with Crippen LogP contribution in [0.5, 0.6) is 0 Å². The maximum absolute atomic E-state index is 12.5. The van der Waals surface area contributed by atoms with Crippen LogP contribution < -0.4 is 0 Å². The summed E-state index contributed by atoms with van der Waals surface area (Å²) in [5, 5.41) is 0. The summed E-state index contributed by atoms with van der Waals surface area (Å²) in [5.74, 6) is 1.20. The van der Waals surface area contributed by atoms with Gasteiger partial charge in [0.05, 0.1) is 0 Å². The van der Waals surface area contributed by atoms with E-state index in [-0.39, 0.29) is 5.92 Å². The Morgan fingerprint density at radius 1 is 1.12 bits per heavy atom. The van der Waals surface area contributed by atoms with Crippen LogP contribution >= 0.6 is 8.58 Å². The molecule has 0 N–H and O–H groups in total. The van der Waals surface area contributed by atoms with E-state index in [1.807, 2.05) is 6.08 Å². The Balaban J connectivity index is 2.19. The largest absolute Gasteiger partial charge is 0.299 e. The van der Waals surface area contributed by atoms with E-state index in [9.17, 15) is 4.79 Å². The van der Waals surface area contributed by atoms with E-state index in [4.69, 9.17) is 0 Å². The Bertz CT molecular complexity index is 446. The second-order valence-electron chi connectivity index (χ2n) is 9.44. The average molecular weight is 379 g/mol. The highest BCUT2D eigenvalue weighted by Gasteiger charge is 2.28. The zero-order chi connectivity index (χ0) is 19.6. The van der Waals surface area contributed by atoms with E-state index in [0.29, 0.717) is 22.8 Å². The predicted octanol–water partition coefficient (Wildman–Crippen LogP) is 7.56. The first-order valence-electron chi connectivity index (χ1n) is 10.8. The number of ketones is 1. The van der Waals surface area contributed by atoms with Crippen molar-refractivity contribution >= 4 is 14.4 Å². The highest BCUT2D eigenvalue weighted by atomic mass is 31.1. The first-order valence-corrected chi connectivity index (χ1v) is 12.4. The summed E-state index contributed by atoms with van der Waals surface area (Å²) in [6.07, 6.45) is 14.7. The molecule has 2 heteroatoms. The maximum Gasteiger partial charge on any atom is 0.136 e. The Kier molecular flexibility index (Phi) is 11.0. The lowest BCUT2D eigenvalue weighted by atomic mass is 9.76. The molecule has 0 aliphatic heterocycles. The normalized spacial score (nSPS) is 22.5. The molecule has 150 valence electrons. The quantitative estimate of drug-likeness (QED) is 0.194. The number of hydrogen-bond acceptors (Lipinski definition) is 1. The molecule has 4 atom stereocenters. The monoisotopic (exact) mass is 378 g/mol. The lowest BCUT2D eigenvalue weighted by Crippen LogP contribution is -2.25. The molecule has 1 fully saturated rings. The third-order valence-corrected chi connectivity index (χ3v) is 7.17. The van der Waals surface area contributed by atoms with Gasteiger partial charge in [0.25, 0.3) is 0 Å². The minimum absolute atomic E-state index is 0.268. The lowest BCUT2D eigenvalue weighted by Gasteiger charge is -2.28. The van der Waals surface area contributed by atoms with Crippen molar-refractivity contribution in [3.8, 4) is 0 Å². The van der Waals surface area contributed by atoms with Crippen LogP contribution in [0.25, 0.3) is 0 Å². The van der Waals surface area contributed by atoms with E-state index < -0.39 is 0 Å². The molecule has 0 radical (unpaired) electrons. The lowest BCUT2D eigenvalue weighted by molar-refractivity contribution is -0.125. The van der Waals surface area contributed by atoms with Crippen molar-refractivity contribution in [1.29, 1.82) is 0 Å². The molecule has 4 unspecified atom stereocenters. The van der Waals surface area contributed by atoms with Gasteiger partial charge >= 0.3 is 0 Å². The molecule has 1 nitrogen and oxygen atoms in total. The molecule has 1 aliphatic carbocycles. The SMILES string of the molecule is C=CC1CCCCC1C(=O)CCCCCCC(=C)C(CC(C)(C)C)PC. The predicted molar refractivity (Wildman–Crippen MR) is 120 cm³/mol. The third kappa shape index (κ3) is 8.98. The minimum Gasteiger partial charge on any atom is -0.299 e. The van der Waals surface area contributed by atoms with Gasteiger partial charge in [0.1, 0.15) is 5.78 Å².